The maximum absolute atomic E-state index is 8.79. The van der Waals surface area contributed by atoms with E-state index >= 15 is 0 Å². The molecule has 0 aliphatic heterocycles. The van der Waals surface area contributed by atoms with Crippen molar-refractivity contribution in [3.8, 4) is 12.1 Å². The zero-order valence-corrected chi connectivity index (χ0v) is 15.2. The van der Waals surface area contributed by atoms with Gasteiger partial charge >= 0.3 is 0 Å². The molecule has 2 aromatic carbocycles. The van der Waals surface area contributed by atoms with Gasteiger partial charge < -0.3 is 0 Å². The molecule has 0 fully saturated rings. The Labute approximate surface area is 151 Å². The molecule has 0 N–H and O–H groups in total. The lowest BCUT2D eigenvalue weighted by Crippen LogP contribution is -1.95. The molecule has 0 aliphatic carbocycles. The molecule has 0 amide bonds. The van der Waals surface area contributed by atoms with E-state index in [-0.39, 0.29) is 0 Å². The molecule has 0 aliphatic rings. The van der Waals surface area contributed by atoms with Crippen LogP contribution >= 0.6 is 0 Å². The third-order valence-corrected chi connectivity index (χ3v) is 4.82. The Morgan fingerprint density at radius 3 is 1.36 bits per heavy atom. The number of rotatable bonds is 8. The smallest absolute Gasteiger partial charge is 0.0628 e. The molecule has 25 heavy (non-hydrogen) atoms. The summed E-state index contributed by atoms with van der Waals surface area (Å²) < 4.78 is 0. The van der Waals surface area contributed by atoms with Gasteiger partial charge in [-0.25, -0.2) is 0 Å². The van der Waals surface area contributed by atoms with Gasteiger partial charge in [-0.3, -0.25) is 0 Å². The summed E-state index contributed by atoms with van der Waals surface area (Å²) >= 11 is 0. The molecule has 128 valence electrons. The first-order chi connectivity index (χ1) is 12.1. The van der Waals surface area contributed by atoms with Crippen LogP contribution in [0.4, 0.5) is 0 Å². The normalized spacial score (nSPS) is 12.8. The van der Waals surface area contributed by atoms with Crippen molar-refractivity contribution in [2.45, 2.75) is 57.8 Å². The van der Waals surface area contributed by atoms with Gasteiger partial charge in [-0.2, -0.15) is 10.5 Å². The fourth-order valence-electron chi connectivity index (χ4n) is 3.03. The lowest BCUT2D eigenvalue weighted by atomic mass is 9.95. The maximum Gasteiger partial charge on any atom is 0.0628 e. The predicted octanol–water partition coefficient (Wildman–Crippen LogP) is 5.90. The molecule has 0 bridgehead atoms. The fraction of sp³-hybridized carbons (Fsp3) is 0.391. The minimum atomic E-state index is 0.306. The van der Waals surface area contributed by atoms with E-state index in [9.17, 15) is 0 Å². The largest absolute Gasteiger partial charge is 0.198 e. The molecular formula is C23H26N2. The van der Waals surface area contributed by atoms with Crippen molar-refractivity contribution in [3.63, 3.8) is 0 Å². The molecule has 0 heterocycles. The molecule has 2 heteroatoms. The highest BCUT2D eigenvalue weighted by molar-refractivity contribution is 5.27. The van der Waals surface area contributed by atoms with Gasteiger partial charge in [-0.15, -0.1) is 0 Å². The average molecular weight is 330 g/mol. The summed E-state index contributed by atoms with van der Waals surface area (Å²) in [6, 6.07) is 21.9. The molecule has 2 atom stereocenters. The van der Waals surface area contributed by atoms with Gasteiger partial charge in [-0.05, 0) is 53.4 Å². The van der Waals surface area contributed by atoms with Crippen molar-refractivity contribution in [2.24, 2.45) is 0 Å². The average Bonchev–Trinajstić information content (AvgIpc) is 2.63. The molecule has 0 saturated heterocycles. The Bertz CT molecular complexity index is 664. The van der Waals surface area contributed by atoms with Crippen molar-refractivity contribution < 1.29 is 0 Å². The topological polar surface area (TPSA) is 47.6 Å². The molecule has 2 rings (SSSR count). The minimum Gasteiger partial charge on any atom is -0.198 e. The van der Waals surface area contributed by atoms with E-state index in [1.807, 2.05) is 0 Å². The Balaban J connectivity index is 1.82. The van der Waals surface area contributed by atoms with Crippen molar-refractivity contribution in [1.29, 1.82) is 10.5 Å². The summed E-state index contributed by atoms with van der Waals surface area (Å²) in [4.78, 5) is 0. The first kappa shape index (κ1) is 18.8. The molecule has 0 aromatic heterocycles. The number of hydrogen-bond donors (Lipinski definition) is 0. The van der Waals surface area contributed by atoms with Crippen LogP contribution in [-0.2, 0) is 12.8 Å². The van der Waals surface area contributed by atoms with Crippen molar-refractivity contribution >= 4 is 0 Å². The van der Waals surface area contributed by atoms with E-state index in [4.69, 9.17) is 10.5 Å². The maximum atomic E-state index is 8.79. The van der Waals surface area contributed by atoms with Crippen molar-refractivity contribution in [2.75, 3.05) is 0 Å². The zero-order valence-electron chi connectivity index (χ0n) is 15.2. The second-order valence-corrected chi connectivity index (χ2v) is 6.86. The summed E-state index contributed by atoms with van der Waals surface area (Å²) in [5, 5.41) is 17.6. The zero-order chi connectivity index (χ0) is 18.1. The Hall–Kier alpha value is -2.58. The van der Waals surface area contributed by atoms with E-state index in [2.05, 4.69) is 74.5 Å². The first-order valence-corrected chi connectivity index (χ1v) is 9.05. The van der Waals surface area contributed by atoms with Crippen LogP contribution in [0.25, 0.3) is 0 Å². The molecule has 0 spiro atoms. The van der Waals surface area contributed by atoms with Crippen LogP contribution < -0.4 is 0 Å². The van der Waals surface area contributed by atoms with Gasteiger partial charge in [0.15, 0.2) is 0 Å². The third kappa shape index (κ3) is 5.77. The highest BCUT2D eigenvalue weighted by atomic mass is 14.2. The molecule has 0 saturated carbocycles. The van der Waals surface area contributed by atoms with Crippen LogP contribution in [0.1, 0.15) is 67.2 Å². The van der Waals surface area contributed by atoms with E-state index in [1.165, 1.54) is 22.3 Å². The van der Waals surface area contributed by atoms with E-state index in [1.54, 1.807) is 0 Å². The fourth-order valence-corrected chi connectivity index (χ4v) is 3.03. The van der Waals surface area contributed by atoms with Crippen LogP contribution in [0.15, 0.2) is 48.5 Å². The van der Waals surface area contributed by atoms with Crippen LogP contribution in [0.2, 0.25) is 0 Å². The minimum absolute atomic E-state index is 0.306. The number of nitrogens with zero attached hydrogens (tertiary/aromatic N) is 2. The Kier molecular flexibility index (Phi) is 7.24. The van der Waals surface area contributed by atoms with E-state index in [0.717, 1.165) is 19.3 Å². The second-order valence-electron chi connectivity index (χ2n) is 6.86. The van der Waals surface area contributed by atoms with E-state index in [0.29, 0.717) is 24.7 Å². The monoisotopic (exact) mass is 330 g/mol. The predicted molar refractivity (Wildman–Crippen MR) is 102 cm³/mol. The number of hydrogen-bond acceptors (Lipinski definition) is 2. The van der Waals surface area contributed by atoms with Gasteiger partial charge in [0, 0.05) is 12.8 Å². The highest BCUT2D eigenvalue weighted by Crippen LogP contribution is 2.21. The molecule has 0 radical (unpaired) electrons. The summed E-state index contributed by atoms with van der Waals surface area (Å²) in [6.07, 6.45) is 4.41. The van der Waals surface area contributed by atoms with Crippen molar-refractivity contribution in [1.82, 2.24) is 0 Å². The van der Waals surface area contributed by atoms with Crippen LogP contribution in [0.5, 0.6) is 0 Å². The van der Waals surface area contributed by atoms with Gasteiger partial charge in [0.05, 0.1) is 12.1 Å². The Morgan fingerprint density at radius 2 is 1.04 bits per heavy atom. The third-order valence-electron chi connectivity index (χ3n) is 4.82. The number of aryl methyl sites for hydroxylation is 2. The summed E-state index contributed by atoms with van der Waals surface area (Å²) in [6.45, 7) is 4.19. The van der Waals surface area contributed by atoms with Crippen molar-refractivity contribution in [3.05, 3.63) is 70.8 Å². The molecule has 2 unspecified atom stereocenters. The molecular weight excluding hydrogens is 304 g/mol. The van der Waals surface area contributed by atoms with Crippen LogP contribution in [0, 0.1) is 22.7 Å². The van der Waals surface area contributed by atoms with Gasteiger partial charge in [0.25, 0.3) is 0 Å². The lowest BCUT2D eigenvalue weighted by Gasteiger charge is -2.10. The Morgan fingerprint density at radius 1 is 0.680 bits per heavy atom. The van der Waals surface area contributed by atoms with Gasteiger partial charge in [0.1, 0.15) is 0 Å². The van der Waals surface area contributed by atoms with Crippen LogP contribution in [0.3, 0.4) is 0 Å². The summed E-state index contributed by atoms with van der Waals surface area (Å²) in [5.41, 5.74) is 5.19. The second kappa shape index (κ2) is 9.65. The first-order valence-electron chi connectivity index (χ1n) is 9.05. The van der Waals surface area contributed by atoms with Gasteiger partial charge in [0.2, 0.25) is 0 Å². The lowest BCUT2D eigenvalue weighted by molar-refractivity contribution is 0.781. The molecule has 2 aromatic rings. The number of benzene rings is 2. The van der Waals surface area contributed by atoms with Crippen LogP contribution in [-0.4, -0.2) is 0 Å². The quantitative estimate of drug-likeness (QED) is 0.605. The summed E-state index contributed by atoms with van der Waals surface area (Å²) in [5.74, 6) is 0.613. The standard InChI is InChI=1S/C23H26N2/c1-18(14-16-24)22-10-6-20(7-11-22)4-3-5-21-8-12-23(13-9-21)19(2)15-17-25/h6-13,18-19H,3-5,14-15H2,1-2H3. The highest BCUT2D eigenvalue weighted by Gasteiger charge is 2.06. The SMILES string of the molecule is CC(CC#N)c1ccc(CCCc2ccc(C(C)CC#N)cc2)cc1. The molecule has 2 nitrogen and oxygen atoms in total. The number of nitriles is 2. The van der Waals surface area contributed by atoms with Gasteiger partial charge in [-0.1, -0.05) is 62.4 Å². The summed E-state index contributed by atoms with van der Waals surface area (Å²) in [7, 11) is 0. The van der Waals surface area contributed by atoms with E-state index < -0.39 is 0 Å².